The summed E-state index contributed by atoms with van der Waals surface area (Å²) in [5.41, 5.74) is 2.19. The molecule has 128 valence electrons. The van der Waals surface area contributed by atoms with Gasteiger partial charge in [0.1, 0.15) is 0 Å². The Bertz CT molecular complexity index is 778. The maximum atomic E-state index is 12.8. The lowest BCUT2D eigenvalue weighted by atomic mass is 10.1. The van der Waals surface area contributed by atoms with Crippen molar-refractivity contribution in [2.45, 2.75) is 12.8 Å². The van der Waals surface area contributed by atoms with E-state index in [9.17, 15) is 9.59 Å². The van der Waals surface area contributed by atoms with Crippen LogP contribution >= 0.6 is 0 Å². The van der Waals surface area contributed by atoms with E-state index in [0.717, 1.165) is 24.2 Å². The van der Waals surface area contributed by atoms with Gasteiger partial charge in [-0.2, -0.15) is 0 Å². The van der Waals surface area contributed by atoms with Gasteiger partial charge in [0.15, 0.2) is 5.78 Å². The number of rotatable bonds is 5. The van der Waals surface area contributed by atoms with Crippen LogP contribution in [0.3, 0.4) is 0 Å². The van der Waals surface area contributed by atoms with Crippen molar-refractivity contribution in [3.63, 3.8) is 0 Å². The summed E-state index contributed by atoms with van der Waals surface area (Å²) in [7, 11) is 3.45. The highest BCUT2D eigenvalue weighted by Gasteiger charge is 2.34. The average Bonchev–Trinajstić information content (AvgIpc) is 3.47. The molecule has 1 saturated carbocycles. The normalized spacial score (nSPS) is 14.1. The van der Waals surface area contributed by atoms with Gasteiger partial charge in [0, 0.05) is 31.4 Å². The lowest BCUT2D eigenvalue weighted by molar-refractivity contribution is 0.104. The van der Waals surface area contributed by atoms with Crippen molar-refractivity contribution in [2.24, 2.45) is 5.92 Å². The fourth-order valence-electron chi connectivity index (χ4n) is 2.71. The summed E-state index contributed by atoms with van der Waals surface area (Å²) in [4.78, 5) is 28.7. The first-order valence-electron chi connectivity index (χ1n) is 8.45. The van der Waals surface area contributed by atoms with E-state index < -0.39 is 0 Å². The van der Waals surface area contributed by atoms with Gasteiger partial charge in [0.25, 0.3) is 0 Å². The Kier molecular flexibility index (Phi) is 4.98. The van der Waals surface area contributed by atoms with Crippen LogP contribution in [-0.2, 0) is 0 Å². The molecule has 2 aromatic rings. The molecule has 0 atom stereocenters. The van der Waals surface area contributed by atoms with Crippen molar-refractivity contribution >= 4 is 17.5 Å². The topological polar surface area (TPSA) is 40.6 Å². The number of urea groups is 1. The van der Waals surface area contributed by atoms with Crippen LogP contribution in [0, 0.1) is 5.92 Å². The molecule has 4 heteroatoms. The van der Waals surface area contributed by atoms with Crippen LogP contribution in [0.15, 0.2) is 72.4 Å². The first-order valence-corrected chi connectivity index (χ1v) is 8.45. The van der Waals surface area contributed by atoms with Crippen molar-refractivity contribution in [2.75, 3.05) is 19.0 Å². The van der Waals surface area contributed by atoms with Crippen molar-refractivity contribution in [1.29, 1.82) is 0 Å². The molecule has 4 nitrogen and oxygen atoms in total. The largest absolute Gasteiger partial charge is 0.330 e. The van der Waals surface area contributed by atoms with Gasteiger partial charge < -0.3 is 4.90 Å². The molecule has 0 radical (unpaired) electrons. The number of amides is 2. The molecule has 2 amide bonds. The molecule has 0 spiro atoms. The number of hydrogen-bond acceptors (Lipinski definition) is 2. The summed E-state index contributed by atoms with van der Waals surface area (Å²) < 4.78 is 0. The van der Waals surface area contributed by atoms with Crippen molar-refractivity contribution in [1.82, 2.24) is 4.90 Å². The highest BCUT2D eigenvalue weighted by molar-refractivity contribution is 6.06. The average molecular weight is 334 g/mol. The molecular weight excluding hydrogens is 312 g/mol. The van der Waals surface area contributed by atoms with Gasteiger partial charge in [-0.05, 0) is 30.9 Å². The van der Waals surface area contributed by atoms with Crippen LogP contribution in [0.1, 0.15) is 23.2 Å². The number of allylic oxidation sites excluding steroid dienone is 2. The smallest absolute Gasteiger partial charge is 0.328 e. The first kappa shape index (κ1) is 17.0. The zero-order valence-electron chi connectivity index (χ0n) is 14.6. The van der Waals surface area contributed by atoms with Crippen LogP contribution in [-0.4, -0.2) is 30.8 Å². The summed E-state index contributed by atoms with van der Waals surface area (Å²) in [5.74, 6) is 0.173. The van der Waals surface area contributed by atoms with Gasteiger partial charge in [0.2, 0.25) is 0 Å². The van der Waals surface area contributed by atoms with Gasteiger partial charge >= 0.3 is 6.03 Å². The lowest BCUT2D eigenvalue weighted by Crippen LogP contribution is -2.39. The van der Waals surface area contributed by atoms with Crippen molar-refractivity contribution < 1.29 is 9.59 Å². The highest BCUT2D eigenvalue weighted by Crippen LogP contribution is 2.40. The molecule has 1 fully saturated rings. The molecule has 3 rings (SSSR count). The standard InChI is InChI=1S/C21H22N2O2/c1-22(2)21(25)23(18-11-7-4-8-12-18)19(16-13-14-16)15-20(24)17-9-5-3-6-10-17/h3-12,15-16H,13-14H2,1-2H3/b19-15+. The number of hydrogen-bond donors (Lipinski definition) is 0. The summed E-state index contributed by atoms with van der Waals surface area (Å²) in [6.45, 7) is 0. The lowest BCUT2D eigenvalue weighted by Gasteiger charge is -2.28. The molecule has 25 heavy (non-hydrogen) atoms. The van der Waals surface area contributed by atoms with Crippen LogP contribution < -0.4 is 4.90 Å². The molecule has 1 aliphatic carbocycles. The number of para-hydroxylation sites is 1. The fraction of sp³-hybridized carbons (Fsp3) is 0.238. The quantitative estimate of drug-likeness (QED) is 0.602. The van der Waals surface area contributed by atoms with E-state index in [1.165, 1.54) is 4.90 Å². The van der Waals surface area contributed by atoms with E-state index in [0.29, 0.717) is 5.56 Å². The Balaban J connectivity index is 2.02. The third kappa shape index (κ3) is 3.97. The van der Waals surface area contributed by atoms with Gasteiger partial charge in [0.05, 0.1) is 5.69 Å². The Morgan fingerprint density at radius 2 is 1.48 bits per heavy atom. The Labute approximate surface area is 148 Å². The first-order chi connectivity index (χ1) is 12.1. The summed E-state index contributed by atoms with van der Waals surface area (Å²) in [6.07, 6.45) is 3.62. The number of ketones is 1. The molecule has 2 aromatic carbocycles. The number of anilines is 1. The van der Waals surface area contributed by atoms with Crippen LogP contribution in [0.25, 0.3) is 0 Å². The zero-order chi connectivity index (χ0) is 17.8. The molecule has 0 aromatic heterocycles. The fourth-order valence-corrected chi connectivity index (χ4v) is 2.71. The molecule has 0 heterocycles. The molecule has 0 bridgehead atoms. The second-order valence-electron chi connectivity index (χ2n) is 6.42. The Morgan fingerprint density at radius 3 is 2.00 bits per heavy atom. The molecule has 0 unspecified atom stereocenters. The number of carbonyl (C=O) groups is 2. The third-order valence-corrected chi connectivity index (χ3v) is 4.18. The van der Waals surface area contributed by atoms with E-state index in [-0.39, 0.29) is 17.7 Å². The minimum Gasteiger partial charge on any atom is -0.330 e. The second-order valence-corrected chi connectivity index (χ2v) is 6.42. The second kappa shape index (κ2) is 7.34. The number of nitrogens with zero attached hydrogens (tertiary/aromatic N) is 2. The van der Waals surface area contributed by atoms with E-state index in [4.69, 9.17) is 0 Å². The summed E-state index contributed by atoms with van der Waals surface area (Å²) in [5, 5.41) is 0. The number of benzene rings is 2. The van der Waals surface area contributed by atoms with E-state index >= 15 is 0 Å². The monoisotopic (exact) mass is 334 g/mol. The molecule has 1 aliphatic rings. The number of carbonyl (C=O) groups excluding carboxylic acids is 2. The maximum Gasteiger partial charge on any atom is 0.328 e. The Hall–Kier alpha value is -2.88. The van der Waals surface area contributed by atoms with E-state index in [1.807, 2.05) is 48.5 Å². The maximum absolute atomic E-state index is 12.8. The third-order valence-electron chi connectivity index (χ3n) is 4.18. The molecule has 0 saturated heterocycles. The van der Waals surface area contributed by atoms with Gasteiger partial charge in [-0.25, -0.2) is 4.79 Å². The van der Waals surface area contributed by atoms with E-state index in [1.54, 1.807) is 37.2 Å². The van der Waals surface area contributed by atoms with Crippen LogP contribution in [0.5, 0.6) is 0 Å². The minimum atomic E-state index is -0.148. The predicted molar refractivity (Wildman–Crippen MR) is 99.6 cm³/mol. The zero-order valence-corrected chi connectivity index (χ0v) is 14.6. The minimum absolute atomic E-state index is 0.0741. The van der Waals surface area contributed by atoms with Gasteiger partial charge in [-0.15, -0.1) is 0 Å². The van der Waals surface area contributed by atoms with Crippen molar-refractivity contribution in [3.05, 3.63) is 78.0 Å². The van der Waals surface area contributed by atoms with Gasteiger partial charge in [-0.1, -0.05) is 48.5 Å². The van der Waals surface area contributed by atoms with Crippen molar-refractivity contribution in [3.8, 4) is 0 Å². The summed E-state index contributed by atoms with van der Waals surface area (Å²) >= 11 is 0. The van der Waals surface area contributed by atoms with Crippen LogP contribution in [0.2, 0.25) is 0 Å². The highest BCUT2D eigenvalue weighted by atomic mass is 16.2. The molecule has 0 aliphatic heterocycles. The van der Waals surface area contributed by atoms with Gasteiger partial charge in [-0.3, -0.25) is 9.69 Å². The predicted octanol–water partition coefficient (Wildman–Crippen LogP) is 4.35. The van der Waals surface area contributed by atoms with E-state index in [2.05, 4.69) is 0 Å². The molecular formula is C21H22N2O2. The SMILES string of the molecule is CN(C)C(=O)N(/C(=C/C(=O)c1ccccc1)C1CC1)c1ccccc1. The molecule has 0 N–H and O–H groups in total. The Morgan fingerprint density at radius 1 is 0.920 bits per heavy atom. The van der Waals surface area contributed by atoms with Crippen LogP contribution in [0.4, 0.5) is 10.5 Å². The summed E-state index contributed by atoms with van der Waals surface area (Å²) in [6, 6.07) is 18.5.